The Balaban J connectivity index is 2.75. The molecule has 100 valence electrons. The minimum absolute atomic E-state index is 0.137. The van der Waals surface area contributed by atoms with Crippen LogP contribution in [0.3, 0.4) is 0 Å². The van der Waals surface area contributed by atoms with Gasteiger partial charge in [0.1, 0.15) is 11.2 Å². The summed E-state index contributed by atoms with van der Waals surface area (Å²) in [6.07, 6.45) is 0. The van der Waals surface area contributed by atoms with Crippen LogP contribution >= 0.6 is 11.3 Å². The van der Waals surface area contributed by atoms with Crippen LogP contribution in [0.4, 0.5) is 5.69 Å². The molecule has 0 radical (unpaired) electrons. The fourth-order valence-electron chi connectivity index (χ4n) is 2.35. The summed E-state index contributed by atoms with van der Waals surface area (Å²) >= 11 is 1.92. The van der Waals surface area contributed by atoms with E-state index in [4.69, 9.17) is 0 Å². The fourth-order valence-corrected chi connectivity index (χ4v) is 3.85. The van der Waals surface area contributed by atoms with Crippen molar-refractivity contribution in [3.8, 4) is 0 Å². The zero-order valence-corrected chi connectivity index (χ0v) is 13.6. The molecule has 1 aromatic rings. The highest BCUT2D eigenvalue weighted by atomic mass is 32.1. The summed E-state index contributed by atoms with van der Waals surface area (Å²) in [6.45, 7) is 17.9. The Bertz CT molecular complexity index is 508. The third-order valence-electron chi connectivity index (χ3n) is 3.26. The highest BCUT2D eigenvalue weighted by Crippen LogP contribution is 2.54. The lowest BCUT2D eigenvalue weighted by molar-refractivity contribution is 0.524. The molecule has 0 fully saturated rings. The average molecular weight is 264 g/mol. The van der Waals surface area contributed by atoms with Crippen LogP contribution in [0.5, 0.6) is 0 Å². The molecule has 0 spiro atoms. The summed E-state index contributed by atoms with van der Waals surface area (Å²) in [7, 11) is 0. The van der Waals surface area contributed by atoms with Crippen LogP contribution < -0.4 is 0 Å². The summed E-state index contributed by atoms with van der Waals surface area (Å²) in [5.74, 6) is 0. The van der Waals surface area contributed by atoms with Crippen LogP contribution in [0.1, 0.15) is 70.7 Å². The number of nitrogens with zero attached hydrogens (tertiary/aromatic N) is 2. The Hall–Kier alpha value is -0.700. The van der Waals surface area contributed by atoms with E-state index in [0.29, 0.717) is 0 Å². The highest BCUT2D eigenvalue weighted by molar-refractivity contribution is 7.13. The molecule has 0 bridgehead atoms. The second kappa shape index (κ2) is 3.66. The Morgan fingerprint density at radius 3 is 1.83 bits per heavy atom. The van der Waals surface area contributed by atoms with Gasteiger partial charge >= 0.3 is 0 Å². The molecule has 2 heterocycles. The van der Waals surface area contributed by atoms with Crippen LogP contribution in [-0.4, -0.2) is 0 Å². The highest BCUT2D eigenvalue weighted by Gasteiger charge is 2.40. The van der Waals surface area contributed by atoms with Crippen molar-refractivity contribution in [3.05, 3.63) is 15.3 Å². The van der Waals surface area contributed by atoms with Crippen LogP contribution in [0.2, 0.25) is 0 Å². The summed E-state index contributed by atoms with van der Waals surface area (Å²) in [6, 6.07) is 0. The molecule has 0 saturated heterocycles. The summed E-state index contributed by atoms with van der Waals surface area (Å²) < 4.78 is 0. The van der Waals surface area contributed by atoms with Crippen molar-refractivity contribution < 1.29 is 0 Å². The predicted molar refractivity (Wildman–Crippen MR) is 79.3 cm³/mol. The minimum Gasteiger partial charge on any atom is -0.177 e. The molecule has 1 aromatic heterocycles. The van der Waals surface area contributed by atoms with Crippen molar-refractivity contribution in [3.63, 3.8) is 0 Å². The molecule has 0 N–H and O–H groups in total. The van der Waals surface area contributed by atoms with Gasteiger partial charge < -0.3 is 0 Å². The third-order valence-corrected chi connectivity index (χ3v) is 5.29. The lowest BCUT2D eigenvalue weighted by Crippen LogP contribution is -2.18. The standard InChI is InChI=1S/C15H24N2S/c1-13(2,3)11-9-10(16-17-15(9,7)8)12(18-11)14(4,5)6/h1-8H3. The first kappa shape index (κ1) is 13.7. The van der Waals surface area contributed by atoms with Crippen molar-refractivity contribution in [2.24, 2.45) is 10.2 Å². The Morgan fingerprint density at radius 2 is 1.39 bits per heavy atom. The van der Waals surface area contributed by atoms with Gasteiger partial charge in [0, 0.05) is 15.3 Å². The smallest absolute Gasteiger partial charge is 0.106 e. The van der Waals surface area contributed by atoms with Crippen molar-refractivity contribution in [1.82, 2.24) is 0 Å². The number of hydrogen-bond donors (Lipinski definition) is 0. The number of hydrogen-bond acceptors (Lipinski definition) is 3. The molecule has 18 heavy (non-hydrogen) atoms. The molecule has 3 heteroatoms. The van der Waals surface area contributed by atoms with Crippen LogP contribution in [-0.2, 0) is 16.4 Å². The molecular weight excluding hydrogens is 240 g/mol. The number of fused-ring (bicyclic) bond motifs is 1. The van der Waals surface area contributed by atoms with E-state index in [9.17, 15) is 0 Å². The van der Waals surface area contributed by atoms with E-state index < -0.39 is 0 Å². The molecule has 0 aromatic carbocycles. The number of azo groups is 1. The predicted octanol–water partition coefficient (Wildman–Crippen LogP) is 5.68. The van der Waals surface area contributed by atoms with Crippen LogP contribution in [0.25, 0.3) is 0 Å². The van der Waals surface area contributed by atoms with Gasteiger partial charge in [0.15, 0.2) is 0 Å². The first-order valence-electron chi connectivity index (χ1n) is 6.56. The molecule has 1 aliphatic rings. The zero-order valence-electron chi connectivity index (χ0n) is 12.8. The topological polar surface area (TPSA) is 24.7 Å². The van der Waals surface area contributed by atoms with Gasteiger partial charge in [-0.25, -0.2) is 0 Å². The van der Waals surface area contributed by atoms with Crippen molar-refractivity contribution in [2.75, 3.05) is 0 Å². The first-order chi connectivity index (χ1) is 7.94. The van der Waals surface area contributed by atoms with E-state index >= 15 is 0 Å². The second-order valence-electron chi connectivity index (χ2n) is 7.74. The Morgan fingerprint density at radius 1 is 0.889 bits per heavy atom. The van der Waals surface area contributed by atoms with Crippen LogP contribution in [0.15, 0.2) is 10.2 Å². The lowest BCUT2D eigenvalue weighted by Gasteiger charge is -2.23. The molecule has 0 amide bonds. The monoisotopic (exact) mass is 264 g/mol. The van der Waals surface area contributed by atoms with E-state index in [0.717, 1.165) is 5.69 Å². The molecule has 0 unspecified atom stereocenters. The maximum Gasteiger partial charge on any atom is 0.106 e. The summed E-state index contributed by atoms with van der Waals surface area (Å²) in [4.78, 5) is 2.81. The van der Waals surface area contributed by atoms with Crippen molar-refractivity contribution in [1.29, 1.82) is 0 Å². The van der Waals surface area contributed by atoms with Crippen molar-refractivity contribution in [2.45, 2.75) is 71.8 Å². The second-order valence-corrected chi connectivity index (χ2v) is 8.76. The third kappa shape index (κ3) is 2.03. The zero-order chi connectivity index (χ0) is 13.9. The van der Waals surface area contributed by atoms with Gasteiger partial charge in [-0.1, -0.05) is 41.5 Å². The van der Waals surface area contributed by atoms with Crippen LogP contribution in [0, 0.1) is 0 Å². The van der Waals surface area contributed by atoms with E-state index in [1.807, 2.05) is 11.3 Å². The van der Waals surface area contributed by atoms with E-state index in [2.05, 4.69) is 65.6 Å². The maximum atomic E-state index is 4.49. The SMILES string of the molecule is CC(C)(C)c1sc(C(C)(C)C)c2c1N=NC2(C)C. The Kier molecular flexibility index (Phi) is 2.79. The first-order valence-corrected chi connectivity index (χ1v) is 7.37. The van der Waals surface area contributed by atoms with Gasteiger partial charge in [0.2, 0.25) is 0 Å². The summed E-state index contributed by atoms with van der Waals surface area (Å²) in [5, 5.41) is 8.96. The van der Waals surface area contributed by atoms with E-state index in [1.54, 1.807) is 0 Å². The molecule has 0 atom stereocenters. The Labute approximate surface area is 115 Å². The largest absolute Gasteiger partial charge is 0.177 e. The quantitative estimate of drug-likeness (QED) is 0.576. The van der Waals surface area contributed by atoms with Gasteiger partial charge in [-0.3, -0.25) is 0 Å². The molecule has 0 aliphatic carbocycles. The summed E-state index contributed by atoms with van der Waals surface area (Å²) in [5.41, 5.74) is 2.62. The van der Waals surface area contributed by atoms with Crippen molar-refractivity contribution >= 4 is 17.0 Å². The van der Waals surface area contributed by atoms with E-state index in [-0.39, 0.29) is 16.4 Å². The lowest BCUT2D eigenvalue weighted by atomic mass is 9.83. The minimum atomic E-state index is -0.169. The van der Waals surface area contributed by atoms with Gasteiger partial charge in [0.05, 0.1) is 0 Å². The fraction of sp³-hybridized carbons (Fsp3) is 0.733. The maximum absolute atomic E-state index is 4.49. The van der Waals surface area contributed by atoms with Gasteiger partial charge in [-0.05, 0) is 24.7 Å². The number of thiophene rings is 1. The number of rotatable bonds is 0. The molecule has 0 saturated carbocycles. The van der Waals surface area contributed by atoms with Gasteiger partial charge in [0.25, 0.3) is 0 Å². The van der Waals surface area contributed by atoms with E-state index in [1.165, 1.54) is 15.3 Å². The molecule has 2 rings (SSSR count). The van der Waals surface area contributed by atoms with Gasteiger partial charge in [-0.15, -0.1) is 11.3 Å². The molecule has 1 aliphatic heterocycles. The average Bonchev–Trinajstić information content (AvgIpc) is 2.62. The normalized spacial score (nSPS) is 18.2. The van der Waals surface area contributed by atoms with Gasteiger partial charge in [-0.2, -0.15) is 10.2 Å². The molecular formula is C15H24N2S. The molecule has 2 nitrogen and oxygen atoms in total.